The van der Waals surface area contributed by atoms with Crippen LogP contribution in [0.3, 0.4) is 0 Å². The van der Waals surface area contributed by atoms with Gasteiger partial charge in [0.15, 0.2) is 9.84 Å². The summed E-state index contributed by atoms with van der Waals surface area (Å²) in [6.07, 6.45) is 3.97. The standard InChI is InChI=1S/C19H23NO3S/c1-24(22,23)18-7-4-5-15(13-18)14-20-17(11-12-21)10-9-16-6-2-3-8-19(16)20/h2-8,13,17,21H,9-12,14H2,1H3. The summed E-state index contributed by atoms with van der Waals surface area (Å²) >= 11 is 0. The second-order valence-electron chi connectivity index (χ2n) is 6.38. The first-order valence-electron chi connectivity index (χ1n) is 8.23. The quantitative estimate of drug-likeness (QED) is 0.905. The molecule has 1 aliphatic heterocycles. The first-order chi connectivity index (χ1) is 11.5. The highest BCUT2D eigenvalue weighted by Crippen LogP contribution is 2.33. The lowest BCUT2D eigenvalue weighted by atomic mass is 9.93. The third kappa shape index (κ3) is 3.62. The molecule has 24 heavy (non-hydrogen) atoms. The van der Waals surface area contributed by atoms with Gasteiger partial charge in [-0.25, -0.2) is 8.42 Å². The molecule has 3 rings (SSSR count). The fourth-order valence-electron chi connectivity index (χ4n) is 3.41. The largest absolute Gasteiger partial charge is 0.396 e. The van der Waals surface area contributed by atoms with Crippen LogP contribution >= 0.6 is 0 Å². The van der Waals surface area contributed by atoms with Gasteiger partial charge < -0.3 is 10.0 Å². The molecule has 2 aromatic carbocycles. The summed E-state index contributed by atoms with van der Waals surface area (Å²) in [4.78, 5) is 2.65. The maximum atomic E-state index is 11.8. The van der Waals surface area contributed by atoms with E-state index in [-0.39, 0.29) is 12.6 Å². The molecule has 128 valence electrons. The predicted octanol–water partition coefficient (Wildman–Crippen LogP) is 2.79. The molecule has 1 aliphatic rings. The van der Waals surface area contributed by atoms with E-state index in [1.165, 1.54) is 17.5 Å². The van der Waals surface area contributed by atoms with Crippen LogP contribution in [0.4, 0.5) is 5.69 Å². The van der Waals surface area contributed by atoms with Crippen LogP contribution in [0, 0.1) is 0 Å². The van der Waals surface area contributed by atoms with Crippen molar-refractivity contribution in [1.82, 2.24) is 0 Å². The second-order valence-corrected chi connectivity index (χ2v) is 8.40. The molecule has 0 amide bonds. The Hall–Kier alpha value is -1.85. The molecule has 0 radical (unpaired) electrons. The van der Waals surface area contributed by atoms with Crippen molar-refractivity contribution in [1.29, 1.82) is 0 Å². The van der Waals surface area contributed by atoms with Gasteiger partial charge in [-0.3, -0.25) is 0 Å². The molecule has 0 saturated carbocycles. The molecule has 0 aromatic heterocycles. The van der Waals surface area contributed by atoms with E-state index in [0.29, 0.717) is 11.4 Å². The van der Waals surface area contributed by atoms with E-state index in [1.807, 2.05) is 18.2 Å². The normalized spacial score (nSPS) is 17.6. The highest BCUT2D eigenvalue weighted by molar-refractivity contribution is 7.90. The molecule has 1 N–H and O–H groups in total. The first kappa shape index (κ1) is 17.0. The summed E-state index contributed by atoms with van der Waals surface area (Å²) in [5.74, 6) is 0. The number of aryl methyl sites for hydroxylation is 1. The smallest absolute Gasteiger partial charge is 0.175 e. The molecule has 1 heterocycles. The van der Waals surface area contributed by atoms with Crippen LogP contribution in [0.2, 0.25) is 0 Å². The summed E-state index contributed by atoms with van der Waals surface area (Å²) in [6.45, 7) is 0.803. The molecule has 1 unspecified atom stereocenters. The van der Waals surface area contributed by atoms with Crippen molar-refractivity contribution in [3.05, 3.63) is 59.7 Å². The molecule has 0 spiro atoms. The Balaban J connectivity index is 1.94. The summed E-state index contributed by atoms with van der Waals surface area (Å²) in [5, 5.41) is 9.40. The first-order valence-corrected chi connectivity index (χ1v) is 10.1. The molecule has 0 aliphatic carbocycles. The van der Waals surface area contributed by atoms with E-state index < -0.39 is 9.84 Å². The van der Waals surface area contributed by atoms with Gasteiger partial charge in [0.2, 0.25) is 0 Å². The summed E-state index contributed by atoms with van der Waals surface area (Å²) in [6, 6.07) is 15.7. The van der Waals surface area contributed by atoms with Crippen LogP contribution in [0.25, 0.3) is 0 Å². The number of aliphatic hydroxyl groups is 1. The van der Waals surface area contributed by atoms with E-state index in [4.69, 9.17) is 0 Å². The Morgan fingerprint density at radius 1 is 1.17 bits per heavy atom. The summed E-state index contributed by atoms with van der Waals surface area (Å²) < 4.78 is 23.6. The van der Waals surface area contributed by atoms with Gasteiger partial charge in [-0.1, -0.05) is 30.3 Å². The van der Waals surface area contributed by atoms with Crippen LogP contribution in [-0.2, 0) is 22.8 Å². The molecular weight excluding hydrogens is 322 g/mol. The Labute approximate surface area is 143 Å². The van der Waals surface area contributed by atoms with Crippen molar-refractivity contribution in [3.8, 4) is 0 Å². The molecule has 0 bridgehead atoms. The number of aliphatic hydroxyl groups excluding tert-OH is 1. The third-order valence-corrected chi connectivity index (χ3v) is 5.74. The Kier molecular flexibility index (Phi) is 4.92. The molecular formula is C19H23NO3S. The van der Waals surface area contributed by atoms with E-state index in [2.05, 4.69) is 17.0 Å². The van der Waals surface area contributed by atoms with Crippen molar-refractivity contribution < 1.29 is 13.5 Å². The van der Waals surface area contributed by atoms with Gasteiger partial charge in [0.05, 0.1) is 4.90 Å². The number of hydrogen-bond donors (Lipinski definition) is 1. The number of benzene rings is 2. The van der Waals surface area contributed by atoms with Gasteiger partial charge in [0.25, 0.3) is 0 Å². The average Bonchev–Trinajstić information content (AvgIpc) is 2.57. The number of para-hydroxylation sites is 1. The molecule has 5 heteroatoms. The number of anilines is 1. The van der Waals surface area contributed by atoms with E-state index in [9.17, 15) is 13.5 Å². The molecule has 0 fully saturated rings. The SMILES string of the molecule is CS(=O)(=O)c1cccc(CN2c3ccccc3CCC2CCO)c1. The van der Waals surface area contributed by atoms with E-state index in [1.54, 1.807) is 18.2 Å². The average molecular weight is 345 g/mol. The highest BCUT2D eigenvalue weighted by atomic mass is 32.2. The number of fused-ring (bicyclic) bond motifs is 1. The molecule has 4 nitrogen and oxygen atoms in total. The van der Waals surface area contributed by atoms with Crippen molar-refractivity contribution in [2.75, 3.05) is 17.8 Å². The maximum Gasteiger partial charge on any atom is 0.175 e. The minimum atomic E-state index is -3.21. The minimum Gasteiger partial charge on any atom is -0.396 e. The lowest BCUT2D eigenvalue weighted by Crippen LogP contribution is -2.39. The lowest BCUT2D eigenvalue weighted by molar-refractivity contribution is 0.267. The lowest BCUT2D eigenvalue weighted by Gasteiger charge is -2.39. The Bertz CT molecular complexity index is 817. The van der Waals surface area contributed by atoms with Crippen LogP contribution in [0.5, 0.6) is 0 Å². The number of rotatable bonds is 5. The molecule has 0 saturated heterocycles. The summed E-state index contributed by atoms with van der Waals surface area (Å²) in [7, 11) is -3.21. The Morgan fingerprint density at radius 2 is 1.96 bits per heavy atom. The van der Waals surface area contributed by atoms with Gasteiger partial charge in [0, 0.05) is 31.1 Å². The second kappa shape index (κ2) is 6.95. The van der Waals surface area contributed by atoms with Gasteiger partial charge in [0.1, 0.15) is 0 Å². The molecule has 1 atom stereocenters. The zero-order valence-corrected chi connectivity index (χ0v) is 14.7. The summed E-state index contributed by atoms with van der Waals surface area (Å²) in [5.41, 5.74) is 3.47. The van der Waals surface area contributed by atoms with Crippen LogP contribution in [0.1, 0.15) is 24.0 Å². The zero-order chi connectivity index (χ0) is 17.2. The van der Waals surface area contributed by atoms with Gasteiger partial charge >= 0.3 is 0 Å². The number of sulfone groups is 1. The van der Waals surface area contributed by atoms with E-state index in [0.717, 1.165) is 24.8 Å². The van der Waals surface area contributed by atoms with Crippen LogP contribution in [-0.4, -0.2) is 32.4 Å². The predicted molar refractivity (Wildman–Crippen MR) is 96.0 cm³/mol. The monoisotopic (exact) mass is 345 g/mol. The van der Waals surface area contributed by atoms with Crippen molar-refractivity contribution in [3.63, 3.8) is 0 Å². The zero-order valence-electron chi connectivity index (χ0n) is 13.9. The molecule has 2 aromatic rings. The number of nitrogens with zero attached hydrogens (tertiary/aromatic N) is 1. The van der Waals surface area contributed by atoms with Gasteiger partial charge in [-0.2, -0.15) is 0 Å². The maximum absolute atomic E-state index is 11.8. The fourth-order valence-corrected chi connectivity index (χ4v) is 4.10. The van der Waals surface area contributed by atoms with Gasteiger partial charge in [-0.15, -0.1) is 0 Å². The van der Waals surface area contributed by atoms with Crippen molar-refractivity contribution in [2.24, 2.45) is 0 Å². The topological polar surface area (TPSA) is 57.6 Å². The van der Waals surface area contributed by atoms with Crippen molar-refractivity contribution in [2.45, 2.75) is 36.7 Å². The van der Waals surface area contributed by atoms with Crippen LogP contribution in [0.15, 0.2) is 53.4 Å². The minimum absolute atomic E-state index is 0.159. The highest BCUT2D eigenvalue weighted by Gasteiger charge is 2.25. The van der Waals surface area contributed by atoms with E-state index >= 15 is 0 Å². The fraction of sp³-hybridized carbons (Fsp3) is 0.368. The van der Waals surface area contributed by atoms with Crippen LogP contribution < -0.4 is 4.90 Å². The van der Waals surface area contributed by atoms with Gasteiger partial charge in [-0.05, 0) is 48.6 Å². The Morgan fingerprint density at radius 3 is 2.71 bits per heavy atom. The third-order valence-electron chi connectivity index (χ3n) is 4.63. The van der Waals surface area contributed by atoms with Crippen molar-refractivity contribution >= 4 is 15.5 Å². The number of hydrogen-bond acceptors (Lipinski definition) is 4.